The highest BCUT2D eigenvalue weighted by molar-refractivity contribution is 5.95. The summed E-state index contributed by atoms with van der Waals surface area (Å²) in [6, 6.07) is 7.51. The van der Waals surface area contributed by atoms with E-state index in [0.717, 1.165) is 23.9 Å². The van der Waals surface area contributed by atoms with Crippen LogP contribution >= 0.6 is 0 Å². The van der Waals surface area contributed by atoms with Crippen molar-refractivity contribution in [1.29, 1.82) is 0 Å². The van der Waals surface area contributed by atoms with Gasteiger partial charge in [-0.15, -0.1) is 5.10 Å². The topological polar surface area (TPSA) is 47.8 Å². The van der Waals surface area contributed by atoms with E-state index in [2.05, 4.69) is 17.2 Å². The lowest BCUT2D eigenvalue weighted by Gasteiger charge is -2.00. The number of fused-ring (bicyclic) bond motifs is 1. The van der Waals surface area contributed by atoms with E-state index in [4.69, 9.17) is 0 Å². The standard InChI is InChI=1S/C20H29N3O/c1-2-3-4-5-6-7-8-9-10-11-12-17-20(24)23-19-16-14-13-15-18(19)21-22-23/h12-17H,2-11H2,1H3/b17-12+. The molecule has 0 bridgehead atoms. The van der Waals surface area contributed by atoms with E-state index in [1.54, 1.807) is 6.08 Å². The van der Waals surface area contributed by atoms with Gasteiger partial charge >= 0.3 is 0 Å². The summed E-state index contributed by atoms with van der Waals surface area (Å²) in [5.41, 5.74) is 1.51. The fourth-order valence-corrected chi connectivity index (χ4v) is 2.86. The molecule has 0 fully saturated rings. The van der Waals surface area contributed by atoms with Crippen LogP contribution in [0, 0.1) is 0 Å². The molecule has 0 unspecified atom stereocenters. The van der Waals surface area contributed by atoms with Crippen molar-refractivity contribution >= 4 is 16.9 Å². The molecule has 0 saturated heterocycles. The number of hydrogen-bond acceptors (Lipinski definition) is 3. The van der Waals surface area contributed by atoms with Gasteiger partial charge in [0.1, 0.15) is 5.52 Å². The highest BCUT2D eigenvalue weighted by atomic mass is 16.2. The normalized spacial score (nSPS) is 11.5. The highest BCUT2D eigenvalue weighted by Gasteiger charge is 2.07. The molecule has 0 aliphatic heterocycles. The van der Waals surface area contributed by atoms with Gasteiger partial charge in [0, 0.05) is 6.08 Å². The van der Waals surface area contributed by atoms with Crippen molar-refractivity contribution in [3.05, 3.63) is 36.4 Å². The van der Waals surface area contributed by atoms with Crippen LogP contribution in [0.15, 0.2) is 36.4 Å². The molecule has 24 heavy (non-hydrogen) atoms. The molecule has 0 atom stereocenters. The fourth-order valence-electron chi connectivity index (χ4n) is 2.86. The lowest BCUT2D eigenvalue weighted by molar-refractivity contribution is 0.0957. The summed E-state index contributed by atoms with van der Waals surface area (Å²) in [5, 5.41) is 7.93. The first-order valence-electron chi connectivity index (χ1n) is 9.34. The van der Waals surface area contributed by atoms with E-state index in [1.165, 1.54) is 56.0 Å². The Morgan fingerprint density at radius 3 is 2.42 bits per heavy atom. The number of allylic oxidation sites excluding steroid dienone is 2. The molecule has 4 heteroatoms. The Kier molecular flexibility index (Phi) is 8.22. The molecule has 1 heterocycles. The number of carbonyl (C=O) groups is 1. The van der Waals surface area contributed by atoms with Gasteiger partial charge in [0.15, 0.2) is 0 Å². The first-order valence-corrected chi connectivity index (χ1v) is 9.34. The summed E-state index contributed by atoms with van der Waals surface area (Å²) < 4.78 is 1.36. The number of carbonyl (C=O) groups excluding carboxylic acids is 1. The largest absolute Gasteiger partial charge is 0.272 e. The molecule has 0 radical (unpaired) electrons. The molecular weight excluding hydrogens is 298 g/mol. The fraction of sp³-hybridized carbons (Fsp3) is 0.550. The first-order chi connectivity index (χ1) is 11.8. The van der Waals surface area contributed by atoms with E-state index >= 15 is 0 Å². The van der Waals surface area contributed by atoms with Gasteiger partial charge in [0.25, 0.3) is 5.91 Å². The summed E-state index contributed by atoms with van der Waals surface area (Å²) in [4.78, 5) is 12.2. The van der Waals surface area contributed by atoms with Crippen molar-refractivity contribution in [3.8, 4) is 0 Å². The number of hydrogen-bond donors (Lipinski definition) is 0. The summed E-state index contributed by atoms with van der Waals surface area (Å²) in [7, 11) is 0. The van der Waals surface area contributed by atoms with E-state index in [9.17, 15) is 4.79 Å². The molecule has 0 aliphatic rings. The number of rotatable bonds is 11. The Bertz CT molecular complexity index is 645. The summed E-state index contributed by atoms with van der Waals surface area (Å²) in [6.07, 6.45) is 16.4. The SMILES string of the molecule is CCCCCCCCCCC/C=C/C(=O)n1nnc2ccccc21. The number of para-hydroxylation sites is 1. The molecule has 0 saturated carbocycles. The molecule has 0 aliphatic carbocycles. The van der Waals surface area contributed by atoms with E-state index in [-0.39, 0.29) is 5.91 Å². The van der Waals surface area contributed by atoms with Crippen LogP contribution in [0.4, 0.5) is 0 Å². The molecule has 0 amide bonds. The van der Waals surface area contributed by atoms with Gasteiger partial charge in [0.05, 0.1) is 5.52 Å². The number of aromatic nitrogens is 3. The maximum absolute atomic E-state index is 12.2. The predicted molar refractivity (Wildman–Crippen MR) is 99.1 cm³/mol. The molecular formula is C20H29N3O. The van der Waals surface area contributed by atoms with Gasteiger partial charge in [-0.25, -0.2) is 0 Å². The van der Waals surface area contributed by atoms with Gasteiger partial charge in [-0.1, -0.05) is 81.7 Å². The molecule has 4 nitrogen and oxygen atoms in total. The second-order valence-corrected chi connectivity index (χ2v) is 6.35. The van der Waals surface area contributed by atoms with Crippen LogP contribution in [0.25, 0.3) is 11.0 Å². The molecule has 130 valence electrons. The van der Waals surface area contributed by atoms with Gasteiger partial charge < -0.3 is 0 Å². The zero-order valence-corrected chi connectivity index (χ0v) is 14.8. The van der Waals surface area contributed by atoms with E-state index < -0.39 is 0 Å². The van der Waals surface area contributed by atoms with Crippen molar-refractivity contribution in [2.45, 2.75) is 71.1 Å². The zero-order chi connectivity index (χ0) is 17.0. The van der Waals surface area contributed by atoms with Crippen molar-refractivity contribution in [2.24, 2.45) is 0 Å². The van der Waals surface area contributed by atoms with E-state index in [0.29, 0.717) is 0 Å². The third-order valence-corrected chi connectivity index (χ3v) is 4.30. The Labute approximate surface area is 144 Å². The third-order valence-electron chi connectivity index (χ3n) is 4.30. The maximum atomic E-state index is 12.2. The van der Waals surface area contributed by atoms with Crippen LogP contribution in [0.1, 0.15) is 75.9 Å². The Hall–Kier alpha value is -1.97. The lowest BCUT2D eigenvalue weighted by atomic mass is 10.1. The van der Waals surface area contributed by atoms with Crippen molar-refractivity contribution < 1.29 is 4.79 Å². The van der Waals surface area contributed by atoms with Gasteiger partial charge in [-0.05, 0) is 25.0 Å². The van der Waals surface area contributed by atoms with Crippen molar-refractivity contribution in [2.75, 3.05) is 0 Å². The highest BCUT2D eigenvalue weighted by Crippen LogP contribution is 2.11. The van der Waals surface area contributed by atoms with Gasteiger partial charge in [0.2, 0.25) is 0 Å². The second kappa shape index (κ2) is 10.7. The molecule has 1 aromatic heterocycles. The minimum absolute atomic E-state index is 0.125. The lowest BCUT2D eigenvalue weighted by Crippen LogP contribution is -2.08. The Morgan fingerprint density at radius 2 is 1.67 bits per heavy atom. The average Bonchev–Trinajstić information content (AvgIpc) is 3.03. The first kappa shape index (κ1) is 18.4. The van der Waals surface area contributed by atoms with Crippen LogP contribution < -0.4 is 0 Å². The minimum Gasteiger partial charge on any atom is -0.267 e. The Balaban J connectivity index is 1.60. The molecule has 0 spiro atoms. The molecule has 2 rings (SSSR count). The van der Waals surface area contributed by atoms with Crippen LogP contribution in [0.3, 0.4) is 0 Å². The van der Waals surface area contributed by atoms with Crippen LogP contribution in [0.2, 0.25) is 0 Å². The van der Waals surface area contributed by atoms with Crippen molar-refractivity contribution in [1.82, 2.24) is 15.0 Å². The number of unbranched alkanes of at least 4 members (excludes halogenated alkanes) is 9. The Morgan fingerprint density at radius 1 is 1.00 bits per heavy atom. The summed E-state index contributed by atoms with van der Waals surface area (Å²) >= 11 is 0. The quantitative estimate of drug-likeness (QED) is 0.401. The van der Waals surface area contributed by atoms with Gasteiger partial charge in [-0.3, -0.25) is 4.79 Å². The average molecular weight is 327 g/mol. The van der Waals surface area contributed by atoms with Crippen LogP contribution in [0.5, 0.6) is 0 Å². The van der Waals surface area contributed by atoms with Crippen LogP contribution in [-0.2, 0) is 0 Å². The minimum atomic E-state index is -0.125. The monoisotopic (exact) mass is 327 g/mol. The predicted octanol–water partition coefficient (Wildman–Crippen LogP) is 5.55. The second-order valence-electron chi connectivity index (χ2n) is 6.35. The summed E-state index contributed by atoms with van der Waals surface area (Å²) in [5.74, 6) is -0.125. The zero-order valence-electron chi connectivity index (χ0n) is 14.8. The molecule has 2 aromatic rings. The molecule has 0 N–H and O–H groups in total. The summed E-state index contributed by atoms with van der Waals surface area (Å²) in [6.45, 7) is 2.25. The van der Waals surface area contributed by atoms with Gasteiger partial charge in [-0.2, -0.15) is 4.68 Å². The van der Waals surface area contributed by atoms with Crippen LogP contribution in [-0.4, -0.2) is 20.9 Å². The smallest absolute Gasteiger partial charge is 0.267 e. The number of benzene rings is 1. The number of nitrogens with zero attached hydrogens (tertiary/aromatic N) is 3. The third kappa shape index (κ3) is 5.91. The van der Waals surface area contributed by atoms with Crippen molar-refractivity contribution in [3.63, 3.8) is 0 Å². The molecule has 1 aromatic carbocycles. The van der Waals surface area contributed by atoms with E-state index in [1.807, 2.05) is 30.3 Å². The maximum Gasteiger partial charge on any atom is 0.272 e.